The van der Waals surface area contributed by atoms with E-state index in [2.05, 4.69) is 0 Å². The molecule has 2 rings (SSSR count). The first-order chi connectivity index (χ1) is 20.5. The molecule has 18 nitrogen and oxygen atoms in total. The molecule has 10 atom stereocenters. The van der Waals surface area contributed by atoms with E-state index < -0.39 is 116 Å². The van der Waals surface area contributed by atoms with Crippen LogP contribution in [0.5, 0.6) is 0 Å². The van der Waals surface area contributed by atoms with E-state index >= 15 is 0 Å². The van der Waals surface area contributed by atoms with E-state index in [0.717, 1.165) is 48.5 Å². The molecule has 0 radical (unpaired) electrons. The van der Waals surface area contributed by atoms with E-state index in [9.17, 15) is 38.7 Å². The Hall–Kier alpha value is -3.87. The summed E-state index contributed by atoms with van der Waals surface area (Å²) in [5.74, 6) is -6.03. The molecule has 2 heterocycles. The zero-order chi connectivity index (χ0) is 33.3. The molecule has 0 amide bonds. The van der Waals surface area contributed by atoms with Gasteiger partial charge in [-0.1, -0.05) is 0 Å². The molecule has 0 aromatic rings. The maximum Gasteiger partial charge on any atom is 0.303 e. The van der Waals surface area contributed by atoms with Crippen molar-refractivity contribution in [3.8, 4) is 0 Å². The van der Waals surface area contributed by atoms with Crippen LogP contribution in [-0.2, 0) is 80.9 Å². The zero-order valence-electron chi connectivity index (χ0n) is 25.1. The fourth-order valence-electron chi connectivity index (χ4n) is 4.49. The van der Waals surface area contributed by atoms with Crippen molar-refractivity contribution in [2.24, 2.45) is 0 Å². The minimum absolute atomic E-state index is 0.572. The van der Waals surface area contributed by atoms with Crippen molar-refractivity contribution >= 4 is 41.8 Å². The smallest absolute Gasteiger partial charge is 0.303 e. The van der Waals surface area contributed by atoms with E-state index in [0.29, 0.717) is 0 Å². The number of ether oxygens (including phenoxy) is 10. The van der Waals surface area contributed by atoms with E-state index in [1.54, 1.807) is 0 Å². The fraction of sp³-hybridized carbons (Fsp3) is 0.731. The third kappa shape index (κ3) is 10.7. The Bertz CT molecular complexity index is 1090. The molecule has 1 unspecified atom stereocenters. The Balaban J connectivity index is 2.66. The molecule has 44 heavy (non-hydrogen) atoms. The Morgan fingerprint density at radius 1 is 0.477 bits per heavy atom. The average molecular weight is 637 g/mol. The van der Waals surface area contributed by atoms with Gasteiger partial charge in [0, 0.05) is 48.5 Å². The van der Waals surface area contributed by atoms with Crippen LogP contribution in [-0.4, -0.2) is 122 Å². The number of rotatable bonds is 11. The van der Waals surface area contributed by atoms with Gasteiger partial charge in [-0.05, 0) is 0 Å². The first kappa shape index (κ1) is 36.3. The van der Waals surface area contributed by atoms with Crippen LogP contribution >= 0.6 is 0 Å². The molecule has 0 aromatic carbocycles. The number of esters is 7. The van der Waals surface area contributed by atoms with E-state index in [4.69, 9.17) is 47.4 Å². The van der Waals surface area contributed by atoms with Gasteiger partial charge >= 0.3 is 41.8 Å². The molecule has 0 saturated carbocycles. The molecule has 2 fully saturated rings. The summed E-state index contributed by atoms with van der Waals surface area (Å²) >= 11 is 0. The molecule has 0 bridgehead atoms. The summed E-state index contributed by atoms with van der Waals surface area (Å²) in [7, 11) is 0. The molecule has 0 aromatic heterocycles. The topological polar surface area (TPSA) is 232 Å². The molecule has 18 heteroatoms. The largest absolute Gasteiger partial charge is 0.463 e. The first-order valence-electron chi connectivity index (χ1n) is 13.3. The summed E-state index contributed by atoms with van der Waals surface area (Å²) in [5.41, 5.74) is 0. The first-order valence-corrected chi connectivity index (χ1v) is 13.3. The van der Waals surface area contributed by atoms with Gasteiger partial charge < -0.3 is 52.5 Å². The van der Waals surface area contributed by atoms with Gasteiger partial charge in [-0.25, -0.2) is 0 Å². The summed E-state index contributed by atoms with van der Waals surface area (Å²) in [6.45, 7) is 6.11. The number of carbonyl (C=O) groups excluding carboxylic acids is 7. The van der Waals surface area contributed by atoms with E-state index in [1.807, 2.05) is 0 Å². The molecule has 2 aliphatic rings. The average Bonchev–Trinajstić information content (AvgIpc) is 2.87. The van der Waals surface area contributed by atoms with Gasteiger partial charge in [-0.3, -0.25) is 33.6 Å². The van der Waals surface area contributed by atoms with E-state index in [-0.39, 0.29) is 0 Å². The van der Waals surface area contributed by atoms with Gasteiger partial charge in [-0.2, -0.15) is 0 Å². The standard InChI is InChI=1S/C26H36O18/c1-10(27)35-8-17-20(21(38-13(4)30)23(25(34)42-17)40-15(6)32)44-26-24(41-16(7)33)22(39-14(5)31)19(37-12(3)29)18(43-26)9-36-11(2)28/h17-26,34H,8-9H2,1-7H3/t17-,18-,19+,20-,21+,22+,23-,24-,25?,26-/m1/s1. The third-order valence-electron chi connectivity index (χ3n) is 5.90. The molecule has 0 aliphatic carbocycles. The van der Waals surface area contributed by atoms with Crippen LogP contribution in [0, 0.1) is 0 Å². The van der Waals surface area contributed by atoms with Crippen molar-refractivity contribution in [2.75, 3.05) is 13.2 Å². The number of hydrogen-bond donors (Lipinski definition) is 1. The highest BCUT2D eigenvalue weighted by Crippen LogP contribution is 2.34. The molecule has 0 spiro atoms. The lowest BCUT2D eigenvalue weighted by Crippen LogP contribution is -2.67. The number of aliphatic hydroxyl groups is 1. The van der Waals surface area contributed by atoms with Crippen LogP contribution in [0.15, 0.2) is 0 Å². The lowest BCUT2D eigenvalue weighted by atomic mass is 9.96. The van der Waals surface area contributed by atoms with Crippen LogP contribution in [0.1, 0.15) is 48.5 Å². The van der Waals surface area contributed by atoms with Gasteiger partial charge in [0.15, 0.2) is 43.1 Å². The Morgan fingerprint density at radius 2 is 0.841 bits per heavy atom. The molecular formula is C26H36O18. The highest BCUT2D eigenvalue weighted by molar-refractivity contribution is 5.69. The Morgan fingerprint density at radius 3 is 1.27 bits per heavy atom. The maximum atomic E-state index is 12.2. The third-order valence-corrected chi connectivity index (χ3v) is 5.90. The van der Waals surface area contributed by atoms with Crippen LogP contribution in [0.3, 0.4) is 0 Å². The van der Waals surface area contributed by atoms with Crippen molar-refractivity contribution in [1.29, 1.82) is 0 Å². The normalized spacial score (nSPS) is 31.5. The number of aliphatic hydroxyl groups excluding tert-OH is 1. The molecule has 248 valence electrons. The SMILES string of the molecule is CC(=O)OC[C@H]1O[C@H](O[C@H]2[C@H](OC(C)=O)[C@@H](OC(C)=O)C(O)O[C@@H]2COC(C)=O)[C@H](OC(C)=O)[C@@H](OC(C)=O)[C@H]1OC(C)=O. The summed E-state index contributed by atoms with van der Waals surface area (Å²) < 4.78 is 54.1. The molecular weight excluding hydrogens is 600 g/mol. The van der Waals surface area contributed by atoms with Crippen molar-refractivity contribution in [2.45, 2.75) is 110 Å². The Kier molecular flexibility index (Phi) is 13.4. The zero-order valence-corrected chi connectivity index (χ0v) is 25.1. The van der Waals surface area contributed by atoms with Crippen molar-refractivity contribution < 1.29 is 86.0 Å². The minimum atomic E-state index is -1.90. The summed E-state index contributed by atoms with van der Waals surface area (Å²) in [6.07, 6.45) is -16.3. The predicted molar refractivity (Wildman–Crippen MR) is 135 cm³/mol. The second-order valence-electron chi connectivity index (χ2n) is 9.68. The Labute approximate surface area is 251 Å². The predicted octanol–water partition coefficient (Wildman–Crippen LogP) is -1.40. The summed E-state index contributed by atoms with van der Waals surface area (Å²) in [5, 5.41) is 10.6. The highest BCUT2D eigenvalue weighted by atomic mass is 16.8. The van der Waals surface area contributed by atoms with Gasteiger partial charge in [0.2, 0.25) is 0 Å². The van der Waals surface area contributed by atoms with Gasteiger partial charge in [0.05, 0.1) is 0 Å². The van der Waals surface area contributed by atoms with Crippen molar-refractivity contribution in [1.82, 2.24) is 0 Å². The molecule has 2 saturated heterocycles. The second kappa shape index (κ2) is 16.3. The number of carbonyl (C=O) groups is 7. The quantitative estimate of drug-likeness (QED) is 0.203. The van der Waals surface area contributed by atoms with Gasteiger partial charge in [-0.15, -0.1) is 0 Å². The van der Waals surface area contributed by atoms with Crippen molar-refractivity contribution in [3.63, 3.8) is 0 Å². The van der Waals surface area contributed by atoms with Crippen LogP contribution < -0.4 is 0 Å². The molecule has 1 N–H and O–H groups in total. The van der Waals surface area contributed by atoms with Crippen LogP contribution in [0.4, 0.5) is 0 Å². The maximum absolute atomic E-state index is 12.2. The summed E-state index contributed by atoms with van der Waals surface area (Å²) in [6, 6.07) is 0. The van der Waals surface area contributed by atoms with Gasteiger partial charge in [0.25, 0.3) is 0 Å². The minimum Gasteiger partial charge on any atom is -0.463 e. The highest BCUT2D eigenvalue weighted by Gasteiger charge is 2.57. The van der Waals surface area contributed by atoms with Crippen LogP contribution in [0.25, 0.3) is 0 Å². The fourth-order valence-corrected chi connectivity index (χ4v) is 4.49. The second-order valence-corrected chi connectivity index (χ2v) is 9.68. The van der Waals surface area contributed by atoms with E-state index in [1.165, 1.54) is 0 Å². The lowest BCUT2D eigenvalue weighted by Gasteiger charge is -2.48. The van der Waals surface area contributed by atoms with Crippen LogP contribution in [0.2, 0.25) is 0 Å². The van der Waals surface area contributed by atoms with Crippen molar-refractivity contribution in [3.05, 3.63) is 0 Å². The molecule has 2 aliphatic heterocycles. The summed E-state index contributed by atoms with van der Waals surface area (Å²) in [4.78, 5) is 83.5. The number of hydrogen-bond acceptors (Lipinski definition) is 18. The lowest BCUT2D eigenvalue weighted by molar-refractivity contribution is -0.357. The van der Waals surface area contributed by atoms with Gasteiger partial charge in [0.1, 0.15) is 31.5 Å². The monoisotopic (exact) mass is 636 g/mol.